The maximum Gasteiger partial charge on any atom is 0.511 e. The Morgan fingerprint density at radius 2 is 2.00 bits per heavy atom. The van der Waals surface area contributed by atoms with Crippen LogP contribution in [0.3, 0.4) is 0 Å². The summed E-state index contributed by atoms with van der Waals surface area (Å²) in [5.74, 6) is -0.402. The SMILES string of the molecule is COCN(C(C)(C)COc1cnc(Cl)c(C(=O)NC2CC2)c1)S(=O)(=O)C(F)(F)F. The highest BCUT2D eigenvalue weighted by molar-refractivity contribution is 7.90. The zero-order valence-electron chi connectivity index (χ0n) is 15.9. The molecular weight excluding hydrogens is 439 g/mol. The van der Waals surface area contributed by atoms with Crippen LogP contribution in [0, 0.1) is 0 Å². The fourth-order valence-electron chi connectivity index (χ4n) is 2.30. The van der Waals surface area contributed by atoms with Crippen molar-refractivity contribution in [2.45, 2.75) is 43.8 Å². The predicted molar refractivity (Wildman–Crippen MR) is 98.0 cm³/mol. The third-order valence-corrected chi connectivity index (χ3v) is 6.13. The Kier molecular flexibility index (Phi) is 7.03. The van der Waals surface area contributed by atoms with Crippen molar-refractivity contribution in [2.75, 3.05) is 20.4 Å². The van der Waals surface area contributed by atoms with E-state index in [1.807, 2.05) is 0 Å². The Balaban J connectivity index is 2.18. The lowest BCUT2D eigenvalue weighted by Gasteiger charge is -2.36. The van der Waals surface area contributed by atoms with E-state index >= 15 is 0 Å². The van der Waals surface area contributed by atoms with Gasteiger partial charge in [-0.05, 0) is 32.8 Å². The molecule has 0 spiro atoms. The molecule has 0 atom stereocenters. The van der Waals surface area contributed by atoms with Crippen LogP contribution in [-0.2, 0) is 14.8 Å². The molecule has 0 saturated heterocycles. The van der Waals surface area contributed by atoms with E-state index in [9.17, 15) is 26.4 Å². The molecule has 0 unspecified atom stereocenters. The van der Waals surface area contributed by atoms with Crippen molar-refractivity contribution < 1.29 is 35.9 Å². The maximum atomic E-state index is 13.0. The minimum absolute atomic E-state index is 0.0465. The second-order valence-corrected chi connectivity index (χ2v) is 9.29. The Labute approximate surface area is 171 Å². The smallest absolute Gasteiger partial charge is 0.490 e. The molecule has 1 aromatic rings. The van der Waals surface area contributed by atoms with Crippen LogP contribution in [0.2, 0.25) is 5.15 Å². The van der Waals surface area contributed by atoms with Gasteiger partial charge in [-0.25, -0.2) is 13.4 Å². The second-order valence-electron chi connectivity index (χ2n) is 7.08. The van der Waals surface area contributed by atoms with Crippen molar-refractivity contribution in [3.63, 3.8) is 0 Å². The first kappa shape index (κ1) is 23.6. The summed E-state index contributed by atoms with van der Waals surface area (Å²) < 4.78 is 73.0. The normalized spacial score (nSPS) is 15.4. The second kappa shape index (κ2) is 8.62. The largest absolute Gasteiger partial charge is 0.511 e. The number of nitrogens with zero attached hydrogens (tertiary/aromatic N) is 2. The van der Waals surface area contributed by atoms with Gasteiger partial charge in [0.1, 0.15) is 24.2 Å². The van der Waals surface area contributed by atoms with Gasteiger partial charge in [-0.2, -0.15) is 17.5 Å². The van der Waals surface area contributed by atoms with Crippen molar-refractivity contribution >= 4 is 27.5 Å². The van der Waals surface area contributed by atoms with Gasteiger partial charge in [0, 0.05) is 13.2 Å². The van der Waals surface area contributed by atoms with Crippen molar-refractivity contribution in [3.8, 4) is 5.75 Å². The molecule has 0 radical (unpaired) electrons. The Morgan fingerprint density at radius 1 is 1.38 bits per heavy atom. The van der Waals surface area contributed by atoms with Gasteiger partial charge in [0.05, 0.1) is 17.3 Å². The quantitative estimate of drug-likeness (QED) is 0.450. The van der Waals surface area contributed by atoms with Gasteiger partial charge in [0.15, 0.2) is 0 Å². The van der Waals surface area contributed by atoms with E-state index in [1.165, 1.54) is 26.1 Å². The van der Waals surface area contributed by atoms with E-state index in [0.717, 1.165) is 20.0 Å². The number of pyridine rings is 1. The summed E-state index contributed by atoms with van der Waals surface area (Å²) in [6, 6.07) is 1.37. The molecule has 1 fully saturated rings. The number of halogens is 4. The number of rotatable bonds is 9. The number of carbonyl (C=O) groups is 1. The molecule has 1 aliphatic rings. The fourth-order valence-corrected chi connectivity index (χ4v) is 3.69. The zero-order chi connectivity index (χ0) is 22.0. The molecule has 164 valence electrons. The highest BCUT2D eigenvalue weighted by Gasteiger charge is 2.54. The van der Waals surface area contributed by atoms with Gasteiger partial charge >= 0.3 is 15.5 Å². The lowest BCUT2D eigenvalue weighted by Crippen LogP contribution is -2.55. The minimum atomic E-state index is -5.67. The first-order valence-corrected chi connectivity index (χ1v) is 10.3. The Morgan fingerprint density at radius 3 is 2.52 bits per heavy atom. The van der Waals surface area contributed by atoms with Crippen molar-refractivity contribution in [3.05, 3.63) is 23.0 Å². The van der Waals surface area contributed by atoms with Gasteiger partial charge in [-0.3, -0.25) is 4.79 Å². The highest BCUT2D eigenvalue weighted by Crippen LogP contribution is 2.32. The number of aromatic nitrogens is 1. The van der Waals surface area contributed by atoms with Crippen LogP contribution in [-0.4, -0.2) is 61.2 Å². The Bertz CT molecular complexity index is 860. The number of amides is 1. The predicted octanol–water partition coefficient (Wildman–Crippen LogP) is 2.54. The first-order chi connectivity index (χ1) is 13.3. The van der Waals surface area contributed by atoms with Gasteiger partial charge in [0.2, 0.25) is 0 Å². The summed E-state index contributed by atoms with van der Waals surface area (Å²) in [6.07, 6.45) is 2.92. The lowest BCUT2D eigenvalue weighted by atomic mass is 10.1. The van der Waals surface area contributed by atoms with Crippen LogP contribution in [0.5, 0.6) is 5.75 Å². The lowest BCUT2D eigenvalue weighted by molar-refractivity contribution is -0.0595. The summed E-state index contributed by atoms with van der Waals surface area (Å²) >= 11 is 5.93. The molecule has 1 N–H and O–H groups in total. The molecule has 0 bridgehead atoms. The Hall–Kier alpha value is -1.63. The minimum Gasteiger partial charge on any atom is -0.490 e. The molecule has 1 saturated carbocycles. The van der Waals surface area contributed by atoms with Crippen LogP contribution < -0.4 is 10.1 Å². The topological polar surface area (TPSA) is 97.8 Å². The maximum absolute atomic E-state index is 13.0. The molecule has 0 aliphatic heterocycles. The average Bonchev–Trinajstić information content (AvgIpc) is 3.41. The van der Waals surface area contributed by atoms with Crippen molar-refractivity contribution in [2.24, 2.45) is 0 Å². The van der Waals surface area contributed by atoms with E-state index in [1.54, 1.807) is 0 Å². The number of hydrogen-bond donors (Lipinski definition) is 1. The fraction of sp³-hybridized carbons (Fsp3) is 0.625. The van der Waals surface area contributed by atoms with E-state index < -0.39 is 40.3 Å². The number of methoxy groups -OCH3 is 1. The summed E-state index contributed by atoms with van der Waals surface area (Å²) in [7, 11) is -4.60. The van der Waals surface area contributed by atoms with E-state index in [2.05, 4.69) is 15.0 Å². The zero-order valence-corrected chi connectivity index (χ0v) is 17.5. The molecule has 1 heterocycles. The van der Waals surface area contributed by atoms with Gasteiger partial charge in [-0.15, -0.1) is 0 Å². The van der Waals surface area contributed by atoms with Crippen LogP contribution in [0.1, 0.15) is 37.0 Å². The summed E-state index contributed by atoms with van der Waals surface area (Å²) in [5.41, 5.74) is -7.09. The van der Waals surface area contributed by atoms with Gasteiger partial charge in [-0.1, -0.05) is 11.6 Å². The monoisotopic (exact) mass is 459 g/mol. The van der Waals surface area contributed by atoms with E-state index in [-0.39, 0.29) is 26.8 Å². The summed E-state index contributed by atoms with van der Waals surface area (Å²) in [5, 5.41) is 2.67. The molecule has 1 aliphatic carbocycles. The first-order valence-electron chi connectivity index (χ1n) is 8.47. The summed E-state index contributed by atoms with van der Waals surface area (Å²) in [6.45, 7) is 1.20. The molecule has 13 heteroatoms. The standard InChI is InChI=1S/C16H21ClF3N3O5S/c1-15(2,23(9-27-3)29(25,26)16(18,19)20)8-28-11-6-12(13(17)21-7-11)14(24)22-10-4-5-10/h6-7,10H,4-5,8-9H2,1-3H3,(H,22,24). The van der Waals surface area contributed by atoms with E-state index in [0.29, 0.717) is 0 Å². The number of alkyl halides is 3. The van der Waals surface area contributed by atoms with Crippen LogP contribution >= 0.6 is 11.6 Å². The number of nitrogens with one attached hydrogen (secondary N) is 1. The number of ether oxygens (including phenoxy) is 2. The van der Waals surface area contributed by atoms with Crippen molar-refractivity contribution in [1.29, 1.82) is 0 Å². The van der Waals surface area contributed by atoms with Crippen molar-refractivity contribution in [1.82, 2.24) is 14.6 Å². The molecule has 1 aromatic heterocycles. The highest BCUT2D eigenvalue weighted by atomic mass is 35.5. The number of sulfonamides is 1. The van der Waals surface area contributed by atoms with Gasteiger partial charge in [0.25, 0.3) is 5.91 Å². The van der Waals surface area contributed by atoms with Crippen LogP contribution in [0.25, 0.3) is 0 Å². The summed E-state index contributed by atoms with van der Waals surface area (Å²) in [4.78, 5) is 16.0. The molecule has 1 amide bonds. The molecule has 2 rings (SSSR count). The molecular formula is C16H21ClF3N3O5S. The molecule has 29 heavy (non-hydrogen) atoms. The van der Waals surface area contributed by atoms with Crippen LogP contribution in [0.4, 0.5) is 13.2 Å². The average molecular weight is 460 g/mol. The molecule has 0 aromatic carbocycles. The molecule has 8 nitrogen and oxygen atoms in total. The third kappa shape index (κ3) is 5.71. The number of hydrogen-bond acceptors (Lipinski definition) is 6. The van der Waals surface area contributed by atoms with Crippen LogP contribution in [0.15, 0.2) is 12.3 Å². The van der Waals surface area contributed by atoms with Gasteiger partial charge < -0.3 is 14.8 Å². The van der Waals surface area contributed by atoms with E-state index in [4.69, 9.17) is 16.3 Å². The third-order valence-electron chi connectivity index (χ3n) is 4.07. The number of carbonyl (C=O) groups excluding carboxylic acids is 1.